The number of nitrogens with two attached hydrogens (primary N) is 1. The number of benzene rings is 1. The molecule has 1 aliphatic carbocycles. The highest BCUT2D eigenvalue weighted by Gasteiger charge is 2.37. The van der Waals surface area contributed by atoms with Crippen LogP contribution >= 0.6 is 0 Å². The van der Waals surface area contributed by atoms with E-state index in [1.54, 1.807) is 4.90 Å². The molecule has 1 atom stereocenters. The highest BCUT2D eigenvalue weighted by molar-refractivity contribution is 5.86. The van der Waals surface area contributed by atoms with Crippen LogP contribution in [-0.2, 0) is 16.1 Å². The molecule has 1 unspecified atom stereocenters. The summed E-state index contributed by atoms with van der Waals surface area (Å²) >= 11 is 0. The zero-order valence-electron chi connectivity index (χ0n) is 16.3. The molecule has 1 aromatic carbocycles. The Morgan fingerprint density at radius 3 is 2.56 bits per heavy atom. The molecular weight excluding hydrogens is 340 g/mol. The Labute approximate surface area is 161 Å². The highest BCUT2D eigenvalue weighted by atomic mass is 16.5. The van der Waals surface area contributed by atoms with Crippen LogP contribution in [-0.4, -0.2) is 54.4 Å². The Balaban J connectivity index is 1.41. The van der Waals surface area contributed by atoms with Gasteiger partial charge in [0.25, 0.3) is 5.91 Å². The minimum Gasteiger partial charge on any atom is -0.470 e. The molecule has 1 fully saturated rings. The van der Waals surface area contributed by atoms with E-state index in [-0.39, 0.29) is 24.5 Å². The van der Waals surface area contributed by atoms with Gasteiger partial charge in [-0.25, -0.2) is 0 Å². The van der Waals surface area contributed by atoms with Gasteiger partial charge in [-0.15, -0.1) is 0 Å². The molecule has 1 aliphatic heterocycles. The SMILES string of the molecule is CN(C(=O)COC(=N)C1(C)C=C(N)C1)C1CCN(Cc2ccccc2)CC1. The Bertz CT molecular complexity index is 710. The van der Waals surface area contributed by atoms with Gasteiger partial charge in [-0.1, -0.05) is 36.4 Å². The topological polar surface area (TPSA) is 82.6 Å². The van der Waals surface area contributed by atoms with Crippen molar-refractivity contribution in [3.8, 4) is 0 Å². The molecule has 0 bridgehead atoms. The second kappa shape index (κ2) is 8.13. The summed E-state index contributed by atoms with van der Waals surface area (Å²) in [5, 5.41) is 8.04. The summed E-state index contributed by atoms with van der Waals surface area (Å²) in [6, 6.07) is 10.7. The summed E-state index contributed by atoms with van der Waals surface area (Å²) in [5.74, 6) is 0.0530. The van der Waals surface area contributed by atoms with Gasteiger partial charge in [0.1, 0.15) is 0 Å². The lowest BCUT2D eigenvalue weighted by molar-refractivity contribution is -0.135. The number of piperidine rings is 1. The fourth-order valence-corrected chi connectivity index (χ4v) is 3.86. The van der Waals surface area contributed by atoms with Gasteiger partial charge in [0.15, 0.2) is 12.5 Å². The molecule has 0 radical (unpaired) electrons. The second-order valence-electron chi connectivity index (χ2n) is 7.93. The fourth-order valence-electron chi connectivity index (χ4n) is 3.86. The summed E-state index contributed by atoms with van der Waals surface area (Å²) in [5.41, 5.74) is 7.33. The average molecular weight is 370 g/mol. The number of likely N-dealkylation sites (tertiary alicyclic amines) is 1. The van der Waals surface area contributed by atoms with E-state index >= 15 is 0 Å². The number of ether oxygens (including phenoxy) is 1. The molecule has 3 rings (SSSR count). The summed E-state index contributed by atoms with van der Waals surface area (Å²) in [4.78, 5) is 16.7. The van der Waals surface area contributed by atoms with E-state index in [2.05, 4.69) is 29.2 Å². The lowest BCUT2D eigenvalue weighted by Crippen LogP contribution is -2.47. The maximum atomic E-state index is 12.5. The Kier molecular flexibility index (Phi) is 5.85. The molecule has 1 aromatic rings. The number of amides is 1. The largest absolute Gasteiger partial charge is 0.470 e. The summed E-state index contributed by atoms with van der Waals surface area (Å²) in [6.07, 6.45) is 4.37. The molecule has 0 saturated carbocycles. The van der Waals surface area contributed by atoms with Gasteiger partial charge in [0.2, 0.25) is 0 Å². The van der Waals surface area contributed by atoms with Gasteiger partial charge in [0.05, 0.1) is 5.41 Å². The smallest absolute Gasteiger partial charge is 0.260 e. The van der Waals surface area contributed by atoms with Crippen LogP contribution in [0.1, 0.15) is 31.7 Å². The summed E-state index contributed by atoms with van der Waals surface area (Å²) < 4.78 is 5.45. The number of nitrogens with one attached hydrogen (secondary N) is 1. The first-order chi connectivity index (χ1) is 12.9. The number of allylic oxidation sites excluding steroid dienone is 1. The quantitative estimate of drug-likeness (QED) is 0.595. The van der Waals surface area contributed by atoms with Crippen LogP contribution in [0.25, 0.3) is 0 Å². The number of carbonyl (C=O) groups excluding carboxylic acids is 1. The summed E-state index contributed by atoms with van der Waals surface area (Å²) in [7, 11) is 1.84. The Hall–Kier alpha value is -2.34. The van der Waals surface area contributed by atoms with Crippen LogP contribution in [0.4, 0.5) is 0 Å². The van der Waals surface area contributed by atoms with Crippen molar-refractivity contribution in [2.75, 3.05) is 26.7 Å². The first-order valence-corrected chi connectivity index (χ1v) is 9.58. The number of rotatable bonds is 6. The maximum absolute atomic E-state index is 12.5. The molecule has 146 valence electrons. The predicted molar refractivity (Wildman–Crippen MR) is 106 cm³/mol. The van der Waals surface area contributed by atoms with E-state index in [0.29, 0.717) is 6.42 Å². The van der Waals surface area contributed by atoms with E-state index in [9.17, 15) is 4.79 Å². The van der Waals surface area contributed by atoms with Crippen molar-refractivity contribution < 1.29 is 9.53 Å². The lowest BCUT2D eigenvalue weighted by Gasteiger charge is -2.37. The molecule has 6 heteroatoms. The minimum absolute atomic E-state index is 0.0684. The van der Waals surface area contributed by atoms with E-state index < -0.39 is 5.41 Å². The number of hydrogen-bond donors (Lipinski definition) is 2. The Morgan fingerprint density at radius 1 is 1.33 bits per heavy atom. The molecular formula is C21H30N4O2. The maximum Gasteiger partial charge on any atom is 0.260 e. The van der Waals surface area contributed by atoms with Gasteiger partial charge in [-0.05, 0) is 25.3 Å². The van der Waals surface area contributed by atoms with Crippen molar-refractivity contribution in [2.24, 2.45) is 11.1 Å². The monoisotopic (exact) mass is 370 g/mol. The van der Waals surface area contributed by atoms with Gasteiger partial charge in [-0.2, -0.15) is 0 Å². The highest BCUT2D eigenvalue weighted by Crippen LogP contribution is 2.37. The lowest BCUT2D eigenvalue weighted by atomic mass is 9.75. The molecule has 1 amide bonds. The number of likely N-dealkylation sites (N-methyl/N-ethyl adjacent to an activating group) is 1. The van der Waals surface area contributed by atoms with Crippen molar-refractivity contribution in [3.05, 3.63) is 47.7 Å². The average Bonchev–Trinajstić information content (AvgIpc) is 2.65. The zero-order chi connectivity index (χ0) is 19.4. The standard InChI is InChI=1S/C21H30N4O2/c1-21(12-17(22)13-21)20(23)27-15-19(26)24(2)18-8-10-25(11-9-18)14-16-6-4-3-5-7-16/h3-7,12,18,23H,8-11,13-15,22H2,1-2H3. The molecule has 1 heterocycles. The van der Waals surface area contributed by atoms with Crippen LogP contribution in [0.2, 0.25) is 0 Å². The third kappa shape index (κ3) is 4.69. The van der Waals surface area contributed by atoms with Crippen LogP contribution in [0, 0.1) is 10.8 Å². The van der Waals surface area contributed by atoms with E-state index in [1.165, 1.54) is 5.56 Å². The van der Waals surface area contributed by atoms with Crippen molar-refractivity contribution in [1.29, 1.82) is 5.41 Å². The van der Waals surface area contributed by atoms with Crippen LogP contribution in [0.3, 0.4) is 0 Å². The normalized spacial score (nSPS) is 23.3. The van der Waals surface area contributed by atoms with Crippen molar-refractivity contribution >= 4 is 11.8 Å². The molecule has 0 spiro atoms. The van der Waals surface area contributed by atoms with Gasteiger partial charge >= 0.3 is 0 Å². The van der Waals surface area contributed by atoms with E-state index in [0.717, 1.165) is 38.2 Å². The van der Waals surface area contributed by atoms with Crippen molar-refractivity contribution in [3.63, 3.8) is 0 Å². The summed E-state index contributed by atoms with van der Waals surface area (Å²) in [6.45, 7) is 4.75. The van der Waals surface area contributed by atoms with Crippen LogP contribution < -0.4 is 5.73 Å². The Morgan fingerprint density at radius 2 is 1.96 bits per heavy atom. The van der Waals surface area contributed by atoms with Gasteiger partial charge in [0, 0.05) is 44.8 Å². The van der Waals surface area contributed by atoms with Crippen LogP contribution in [0.15, 0.2) is 42.1 Å². The van der Waals surface area contributed by atoms with E-state index in [4.69, 9.17) is 15.9 Å². The molecule has 0 aromatic heterocycles. The van der Waals surface area contributed by atoms with Crippen LogP contribution in [0.5, 0.6) is 0 Å². The zero-order valence-corrected chi connectivity index (χ0v) is 16.3. The third-order valence-corrected chi connectivity index (χ3v) is 5.68. The van der Waals surface area contributed by atoms with Crippen molar-refractivity contribution in [2.45, 2.75) is 38.8 Å². The second-order valence-corrected chi connectivity index (χ2v) is 7.93. The van der Waals surface area contributed by atoms with E-state index in [1.807, 2.05) is 26.1 Å². The molecule has 6 nitrogen and oxygen atoms in total. The third-order valence-electron chi connectivity index (χ3n) is 5.68. The van der Waals surface area contributed by atoms with Gasteiger partial charge in [-0.3, -0.25) is 15.1 Å². The number of nitrogens with zero attached hydrogens (tertiary/aromatic N) is 2. The minimum atomic E-state index is -0.453. The molecule has 27 heavy (non-hydrogen) atoms. The van der Waals surface area contributed by atoms with Gasteiger partial charge < -0.3 is 15.4 Å². The number of hydrogen-bond acceptors (Lipinski definition) is 5. The first-order valence-electron chi connectivity index (χ1n) is 9.58. The molecule has 1 saturated heterocycles. The predicted octanol–water partition coefficient (Wildman–Crippen LogP) is 2.36. The fraction of sp³-hybridized carbons (Fsp3) is 0.524. The van der Waals surface area contributed by atoms with Crippen molar-refractivity contribution in [1.82, 2.24) is 9.80 Å². The molecule has 2 aliphatic rings. The molecule has 3 N–H and O–H groups in total. The number of carbonyl (C=O) groups is 1. The first kappa shape index (κ1) is 19.4.